The maximum atomic E-state index is 5.87. The van der Waals surface area contributed by atoms with Crippen LogP contribution in [0.3, 0.4) is 0 Å². The van der Waals surface area contributed by atoms with Gasteiger partial charge in [-0.25, -0.2) is 0 Å². The Balaban J connectivity index is 2.02. The molecule has 0 atom stereocenters. The van der Waals surface area contributed by atoms with Crippen molar-refractivity contribution in [1.29, 1.82) is 0 Å². The van der Waals surface area contributed by atoms with Crippen molar-refractivity contribution >= 4 is 22.7 Å². The molecule has 0 bridgehead atoms. The van der Waals surface area contributed by atoms with Gasteiger partial charge in [0.05, 0.1) is 5.03 Å². The summed E-state index contributed by atoms with van der Waals surface area (Å²) in [6.45, 7) is 4.55. The minimum Gasteiger partial charge on any atom is -0.349 e. The number of aryl methyl sites for hydroxylation is 2. The first-order chi connectivity index (χ1) is 9.67. The van der Waals surface area contributed by atoms with E-state index in [4.69, 9.17) is 5.73 Å². The molecule has 4 heteroatoms. The van der Waals surface area contributed by atoms with Gasteiger partial charge < -0.3 is 10.7 Å². The summed E-state index contributed by atoms with van der Waals surface area (Å²) in [7, 11) is 0. The van der Waals surface area contributed by atoms with Gasteiger partial charge in [0, 0.05) is 39.3 Å². The van der Waals surface area contributed by atoms with E-state index in [1.807, 2.05) is 19.9 Å². The number of nitrogens with two attached hydrogens (primary N) is 1. The molecule has 0 radical (unpaired) electrons. The fourth-order valence-electron chi connectivity index (χ4n) is 2.38. The van der Waals surface area contributed by atoms with Crippen LogP contribution in [0.15, 0.2) is 46.3 Å². The highest BCUT2D eigenvalue weighted by Gasteiger charge is 2.10. The van der Waals surface area contributed by atoms with Gasteiger partial charge in [0.1, 0.15) is 0 Å². The van der Waals surface area contributed by atoms with Gasteiger partial charge in [-0.3, -0.25) is 4.98 Å². The molecule has 0 aliphatic heterocycles. The Morgan fingerprint density at radius 3 is 2.75 bits per heavy atom. The van der Waals surface area contributed by atoms with E-state index in [0.29, 0.717) is 6.54 Å². The number of rotatable bonds is 3. The largest absolute Gasteiger partial charge is 0.349 e. The van der Waals surface area contributed by atoms with Crippen LogP contribution in [0.5, 0.6) is 0 Å². The Morgan fingerprint density at radius 2 is 2.00 bits per heavy atom. The fraction of sp³-hybridized carbons (Fsp3) is 0.188. The van der Waals surface area contributed by atoms with Crippen molar-refractivity contribution in [3.63, 3.8) is 0 Å². The zero-order valence-corrected chi connectivity index (χ0v) is 12.4. The van der Waals surface area contributed by atoms with Crippen LogP contribution in [-0.4, -0.2) is 9.97 Å². The third kappa shape index (κ3) is 2.44. The number of hydrogen-bond donors (Lipinski definition) is 2. The summed E-state index contributed by atoms with van der Waals surface area (Å²) in [6.07, 6.45) is 0. The number of para-hydroxylation sites is 1. The number of H-pyrrole nitrogens is 1. The molecule has 3 N–H and O–H groups in total. The van der Waals surface area contributed by atoms with E-state index < -0.39 is 0 Å². The SMILES string of the molecule is Cc1cc(Sc2cc3ccccc3[nH]2)c(CN)c(C)n1. The maximum Gasteiger partial charge on any atom is 0.0781 e. The Labute approximate surface area is 122 Å². The third-order valence-corrected chi connectivity index (χ3v) is 4.37. The molecule has 0 aliphatic carbocycles. The van der Waals surface area contributed by atoms with Crippen LogP contribution in [0.1, 0.15) is 17.0 Å². The Bertz CT molecular complexity index is 729. The zero-order chi connectivity index (χ0) is 14.1. The fourth-order valence-corrected chi connectivity index (χ4v) is 3.55. The number of pyridine rings is 1. The van der Waals surface area contributed by atoms with Crippen molar-refractivity contribution < 1.29 is 0 Å². The number of aromatic amines is 1. The smallest absolute Gasteiger partial charge is 0.0781 e. The molecule has 1 aromatic carbocycles. The standard InChI is InChI=1S/C16H17N3S/c1-10-7-15(13(9-17)11(2)18-10)20-16-8-12-5-3-4-6-14(12)19-16/h3-8,19H,9,17H2,1-2H3. The molecule has 3 rings (SSSR count). The van der Waals surface area contributed by atoms with Crippen LogP contribution >= 0.6 is 11.8 Å². The first-order valence-corrected chi connectivity index (χ1v) is 7.42. The molecule has 0 spiro atoms. The second kappa shape index (κ2) is 5.31. The summed E-state index contributed by atoms with van der Waals surface area (Å²) in [5.41, 5.74) is 10.2. The first-order valence-electron chi connectivity index (χ1n) is 6.60. The number of aromatic nitrogens is 2. The van der Waals surface area contributed by atoms with Gasteiger partial charge in [0.15, 0.2) is 0 Å². The second-order valence-corrected chi connectivity index (χ2v) is 5.94. The predicted octanol–water partition coefficient (Wildman–Crippen LogP) is 3.79. The number of benzene rings is 1. The lowest BCUT2D eigenvalue weighted by atomic mass is 10.2. The third-order valence-electron chi connectivity index (χ3n) is 3.35. The van der Waals surface area contributed by atoms with E-state index in [9.17, 15) is 0 Å². The zero-order valence-electron chi connectivity index (χ0n) is 11.6. The van der Waals surface area contributed by atoms with Crippen molar-refractivity contribution in [1.82, 2.24) is 9.97 Å². The molecule has 0 saturated heterocycles. The van der Waals surface area contributed by atoms with E-state index in [1.54, 1.807) is 11.8 Å². The first kappa shape index (κ1) is 13.2. The molecule has 0 amide bonds. The summed E-state index contributed by atoms with van der Waals surface area (Å²) in [5.74, 6) is 0. The monoisotopic (exact) mass is 283 g/mol. The Hall–Kier alpha value is -1.78. The summed E-state index contributed by atoms with van der Waals surface area (Å²) in [5, 5.41) is 2.36. The van der Waals surface area contributed by atoms with Crippen LogP contribution in [0, 0.1) is 13.8 Å². The second-order valence-electron chi connectivity index (χ2n) is 4.85. The number of hydrogen-bond acceptors (Lipinski definition) is 3. The van der Waals surface area contributed by atoms with Gasteiger partial charge in [0.25, 0.3) is 0 Å². The minimum absolute atomic E-state index is 0.516. The highest BCUT2D eigenvalue weighted by atomic mass is 32.2. The van der Waals surface area contributed by atoms with E-state index in [-0.39, 0.29) is 0 Å². The van der Waals surface area contributed by atoms with E-state index in [0.717, 1.165) is 27.5 Å². The molecule has 0 aliphatic rings. The number of fused-ring (bicyclic) bond motifs is 1. The van der Waals surface area contributed by atoms with Gasteiger partial charge in [-0.15, -0.1) is 0 Å². The molecular weight excluding hydrogens is 266 g/mol. The van der Waals surface area contributed by atoms with E-state index in [2.05, 4.69) is 40.3 Å². The molecule has 3 nitrogen and oxygen atoms in total. The van der Waals surface area contributed by atoms with Crippen LogP contribution in [0.4, 0.5) is 0 Å². The predicted molar refractivity (Wildman–Crippen MR) is 84.0 cm³/mol. The van der Waals surface area contributed by atoms with Crippen molar-refractivity contribution in [2.45, 2.75) is 30.3 Å². The van der Waals surface area contributed by atoms with Crippen molar-refractivity contribution in [3.8, 4) is 0 Å². The van der Waals surface area contributed by atoms with E-state index >= 15 is 0 Å². The highest BCUT2D eigenvalue weighted by Crippen LogP contribution is 2.33. The molecule has 102 valence electrons. The van der Waals surface area contributed by atoms with Crippen molar-refractivity contribution in [2.75, 3.05) is 0 Å². The van der Waals surface area contributed by atoms with Crippen LogP contribution < -0.4 is 5.73 Å². The van der Waals surface area contributed by atoms with Crippen LogP contribution in [-0.2, 0) is 6.54 Å². The summed E-state index contributed by atoms with van der Waals surface area (Å²) < 4.78 is 0. The molecule has 2 heterocycles. The normalized spacial score (nSPS) is 11.2. The summed E-state index contributed by atoms with van der Waals surface area (Å²) in [6, 6.07) is 12.6. The van der Waals surface area contributed by atoms with E-state index in [1.165, 1.54) is 10.3 Å². The topological polar surface area (TPSA) is 54.7 Å². The lowest BCUT2D eigenvalue weighted by molar-refractivity contribution is 0.944. The summed E-state index contributed by atoms with van der Waals surface area (Å²) >= 11 is 1.72. The van der Waals surface area contributed by atoms with Crippen LogP contribution in [0.2, 0.25) is 0 Å². The van der Waals surface area contributed by atoms with Crippen LogP contribution in [0.25, 0.3) is 10.9 Å². The molecule has 0 unspecified atom stereocenters. The minimum atomic E-state index is 0.516. The molecule has 20 heavy (non-hydrogen) atoms. The molecule has 3 aromatic rings. The van der Waals surface area contributed by atoms with Gasteiger partial charge in [-0.1, -0.05) is 30.0 Å². The number of nitrogens with one attached hydrogen (secondary N) is 1. The average molecular weight is 283 g/mol. The maximum absolute atomic E-state index is 5.87. The Kier molecular flexibility index (Phi) is 3.51. The van der Waals surface area contributed by atoms with Gasteiger partial charge in [0.2, 0.25) is 0 Å². The molecular formula is C16H17N3S. The lowest BCUT2D eigenvalue weighted by Crippen LogP contribution is -2.04. The average Bonchev–Trinajstić information content (AvgIpc) is 2.80. The van der Waals surface area contributed by atoms with Crippen molar-refractivity contribution in [2.24, 2.45) is 5.73 Å². The molecule has 0 fully saturated rings. The molecule has 0 saturated carbocycles. The number of nitrogens with zero attached hydrogens (tertiary/aromatic N) is 1. The van der Waals surface area contributed by atoms with Gasteiger partial charge in [-0.05, 0) is 32.0 Å². The summed E-state index contributed by atoms with van der Waals surface area (Å²) in [4.78, 5) is 9.11. The lowest BCUT2D eigenvalue weighted by Gasteiger charge is -2.10. The quantitative estimate of drug-likeness (QED) is 0.769. The van der Waals surface area contributed by atoms with Gasteiger partial charge >= 0.3 is 0 Å². The Morgan fingerprint density at radius 1 is 1.20 bits per heavy atom. The van der Waals surface area contributed by atoms with Crippen molar-refractivity contribution in [3.05, 3.63) is 53.3 Å². The highest BCUT2D eigenvalue weighted by molar-refractivity contribution is 7.99. The van der Waals surface area contributed by atoms with Gasteiger partial charge in [-0.2, -0.15) is 0 Å². The molecule has 2 aromatic heterocycles.